The maximum Gasteiger partial charge on any atom is 0.416 e. The van der Waals surface area contributed by atoms with E-state index in [2.05, 4.69) is 4.99 Å². The van der Waals surface area contributed by atoms with E-state index in [1.807, 2.05) is 0 Å². The number of ether oxygens (including phenoxy) is 1. The molecule has 1 aromatic carbocycles. The molecule has 114 valence electrons. The van der Waals surface area contributed by atoms with Gasteiger partial charge in [0.1, 0.15) is 11.3 Å². The molecule has 0 saturated carbocycles. The largest absolute Gasteiger partial charge is 0.512 e. The van der Waals surface area contributed by atoms with Gasteiger partial charge in [0, 0.05) is 6.21 Å². The molecule has 0 bridgehead atoms. The zero-order chi connectivity index (χ0) is 16.0. The second-order valence-corrected chi connectivity index (χ2v) is 4.03. The standard InChI is InChI=1S/C14H14F3NO3/c1-3-21-13(20)12(9(2)19)8-18-11-6-4-5-10(7-11)14(15,16)17/h4-8,19H,3H2,1-2H3/b12-9+,18-8?. The van der Waals surface area contributed by atoms with Gasteiger partial charge in [0.25, 0.3) is 0 Å². The number of aliphatic imine (C=N–C) groups is 1. The molecule has 4 nitrogen and oxygen atoms in total. The Morgan fingerprint density at radius 2 is 2.10 bits per heavy atom. The Labute approximate surface area is 119 Å². The van der Waals surface area contributed by atoms with E-state index >= 15 is 0 Å². The molecule has 0 aliphatic heterocycles. The molecule has 0 fully saturated rings. The quantitative estimate of drug-likeness (QED) is 0.398. The fraction of sp³-hybridized carbons (Fsp3) is 0.286. The molecule has 1 aromatic rings. The molecule has 0 unspecified atom stereocenters. The second-order valence-electron chi connectivity index (χ2n) is 4.03. The van der Waals surface area contributed by atoms with E-state index < -0.39 is 17.7 Å². The van der Waals surface area contributed by atoms with Crippen molar-refractivity contribution in [2.75, 3.05) is 6.61 Å². The minimum atomic E-state index is -4.47. The Kier molecular flexibility index (Phi) is 5.52. The number of benzene rings is 1. The normalized spacial score (nSPS) is 13.2. The molecule has 1 rings (SSSR count). The van der Waals surface area contributed by atoms with Gasteiger partial charge in [-0.1, -0.05) is 6.07 Å². The highest BCUT2D eigenvalue weighted by molar-refractivity contribution is 6.10. The van der Waals surface area contributed by atoms with E-state index in [0.29, 0.717) is 0 Å². The van der Waals surface area contributed by atoms with Crippen LogP contribution in [0, 0.1) is 0 Å². The lowest BCUT2D eigenvalue weighted by molar-refractivity contribution is -0.138. The van der Waals surface area contributed by atoms with Crippen molar-refractivity contribution in [1.29, 1.82) is 0 Å². The van der Waals surface area contributed by atoms with Crippen molar-refractivity contribution >= 4 is 17.9 Å². The Bertz CT molecular complexity index is 573. The molecule has 1 N–H and O–H groups in total. The monoisotopic (exact) mass is 301 g/mol. The van der Waals surface area contributed by atoms with Crippen LogP contribution in [0.5, 0.6) is 0 Å². The van der Waals surface area contributed by atoms with E-state index in [-0.39, 0.29) is 23.6 Å². The maximum atomic E-state index is 12.5. The Balaban J connectivity index is 3.04. The van der Waals surface area contributed by atoms with Crippen molar-refractivity contribution in [2.24, 2.45) is 4.99 Å². The predicted molar refractivity (Wildman–Crippen MR) is 71.6 cm³/mol. The van der Waals surface area contributed by atoms with Gasteiger partial charge < -0.3 is 9.84 Å². The second kappa shape index (κ2) is 6.92. The van der Waals surface area contributed by atoms with Crippen LogP contribution in [0.15, 0.2) is 40.6 Å². The van der Waals surface area contributed by atoms with Gasteiger partial charge in [-0.05, 0) is 32.0 Å². The van der Waals surface area contributed by atoms with Gasteiger partial charge in [-0.2, -0.15) is 13.2 Å². The first-order valence-corrected chi connectivity index (χ1v) is 6.04. The van der Waals surface area contributed by atoms with Gasteiger partial charge in [-0.3, -0.25) is 4.99 Å². The summed E-state index contributed by atoms with van der Waals surface area (Å²) in [4.78, 5) is 15.3. The Morgan fingerprint density at radius 1 is 1.43 bits per heavy atom. The van der Waals surface area contributed by atoms with Crippen molar-refractivity contribution < 1.29 is 27.8 Å². The van der Waals surface area contributed by atoms with E-state index in [1.165, 1.54) is 19.1 Å². The molecule has 0 aliphatic carbocycles. The van der Waals surface area contributed by atoms with Gasteiger partial charge in [0.2, 0.25) is 0 Å². The summed E-state index contributed by atoms with van der Waals surface area (Å²) in [6.07, 6.45) is -3.50. The van der Waals surface area contributed by atoms with Crippen LogP contribution in [-0.2, 0) is 15.7 Å². The van der Waals surface area contributed by atoms with E-state index in [4.69, 9.17) is 4.74 Å². The van der Waals surface area contributed by atoms with Crippen molar-refractivity contribution in [3.8, 4) is 0 Å². The lowest BCUT2D eigenvalue weighted by Crippen LogP contribution is -2.10. The number of carbonyl (C=O) groups is 1. The van der Waals surface area contributed by atoms with Crippen LogP contribution in [0.4, 0.5) is 18.9 Å². The van der Waals surface area contributed by atoms with Crippen molar-refractivity contribution in [1.82, 2.24) is 0 Å². The highest BCUT2D eigenvalue weighted by Crippen LogP contribution is 2.31. The van der Waals surface area contributed by atoms with Crippen LogP contribution >= 0.6 is 0 Å². The molecule has 0 aliphatic rings. The number of esters is 1. The van der Waals surface area contributed by atoms with Crippen LogP contribution < -0.4 is 0 Å². The number of aliphatic hydroxyl groups excluding tert-OH is 1. The topological polar surface area (TPSA) is 58.9 Å². The third kappa shape index (κ3) is 4.94. The number of rotatable bonds is 4. The predicted octanol–water partition coefficient (Wildman–Crippen LogP) is 3.80. The van der Waals surface area contributed by atoms with E-state index in [9.17, 15) is 23.1 Å². The molecule has 0 aromatic heterocycles. The number of alkyl halides is 3. The highest BCUT2D eigenvalue weighted by Gasteiger charge is 2.30. The average Bonchev–Trinajstić information content (AvgIpc) is 2.38. The summed E-state index contributed by atoms with van der Waals surface area (Å²) in [5.41, 5.74) is -1.05. The molecule has 7 heteroatoms. The lowest BCUT2D eigenvalue weighted by atomic mass is 10.2. The minimum absolute atomic E-state index is 0.00729. The molecule has 0 heterocycles. The van der Waals surface area contributed by atoms with Crippen molar-refractivity contribution in [3.63, 3.8) is 0 Å². The van der Waals surface area contributed by atoms with Crippen LogP contribution in [0.1, 0.15) is 19.4 Å². The van der Waals surface area contributed by atoms with Crippen LogP contribution in [0.25, 0.3) is 0 Å². The molecule has 0 atom stereocenters. The first-order chi connectivity index (χ1) is 9.75. The third-order valence-electron chi connectivity index (χ3n) is 2.40. The molecular formula is C14H14F3NO3. The summed E-state index contributed by atoms with van der Waals surface area (Å²) in [6.45, 7) is 2.95. The van der Waals surface area contributed by atoms with Crippen molar-refractivity contribution in [3.05, 3.63) is 41.2 Å². The number of hydrogen-bond donors (Lipinski definition) is 1. The minimum Gasteiger partial charge on any atom is -0.512 e. The fourth-order valence-corrected chi connectivity index (χ4v) is 1.40. The van der Waals surface area contributed by atoms with E-state index in [1.54, 1.807) is 6.92 Å². The number of allylic oxidation sites excluding steroid dienone is 1. The van der Waals surface area contributed by atoms with Crippen LogP contribution in [-0.4, -0.2) is 23.9 Å². The Hall–Kier alpha value is -2.31. The third-order valence-corrected chi connectivity index (χ3v) is 2.40. The van der Waals surface area contributed by atoms with Crippen LogP contribution in [0.2, 0.25) is 0 Å². The van der Waals surface area contributed by atoms with Gasteiger partial charge in [0.15, 0.2) is 0 Å². The molecule has 0 spiro atoms. The molecule has 0 amide bonds. The summed E-state index contributed by atoms with van der Waals surface area (Å²) < 4.78 is 42.3. The lowest BCUT2D eigenvalue weighted by Gasteiger charge is -2.06. The fourth-order valence-electron chi connectivity index (χ4n) is 1.40. The number of carbonyl (C=O) groups excluding carboxylic acids is 1. The number of aliphatic hydroxyl groups is 1. The SMILES string of the molecule is CCOC(=O)/C(C=Nc1cccc(C(F)(F)F)c1)=C(\C)O. The number of nitrogens with zero attached hydrogens (tertiary/aromatic N) is 1. The first-order valence-electron chi connectivity index (χ1n) is 6.04. The molecule has 0 saturated heterocycles. The van der Waals surface area contributed by atoms with Crippen LogP contribution in [0.3, 0.4) is 0 Å². The number of hydrogen-bond acceptors (Lipinski definition) is 4. The van der Waals surface area contributed by atoms with E-state index in [0.717, 1.165) is 18.3 Å². The maximum absolute atomic E-state index is 12.5. The smallest absolute Gasteiger partial charge is 0.416 e. The summed E-state index contributed by atoms with van der Waals surface area (Å²) in [6, 6.07) is 4.31. The van der Waals surface area contributed by atoms with Gasteiger partial charge >= 0.3 is 12.1 Å². The summed E-state index contributed by atoms with van der Waals surface area (Å²) >= 11 is 0. The zero-order valence-corrected chi connectivity index (χ0v) is 11.4. The van der Waals surface area contributed by atoms with Gasteiger partial charge in [0.05, 0.1) is 17.9 Å². The first kappa shape index (κ1) is 16.7. The molecule has 0 radical (unpaired) electrons. The summed E-state index contributed by atoms with van der Waals surface area (Å²) in [5, 5.41) is 9.38. The number of halogens is 3. The molecular weight excluding hydrogens is 287 g/mol. The summed E-state index contributed by atoms with van der Waals surface area (Å²) in [7, 11) is 0. The highest BCUT2D eigenvalue weighted by atomic mass is 19.4. The zero-order valence-electron chi connectivity index (χ0n) is 11.4. The average molecular weight is 301 g/mol. The Morgan fingerprint density at radius 3 is 2.62 bits per heavy atom. The summed E-state index contributed by atoms with van der Waals surface area (Å²) in [5.74, 6) is -1.13. The van der Waals surface area contributed by atoms with Gasteiger partial charge in [-0.15, -0.1) is 0 Å². The van der Waals surface area contributed by atoms with Gasteiger partial charge in [-0.25, -0.2) is 4.79 Å². The van der Waals surface area contributed by atoms with Crippen molar-refractivity contribution in [2.45, 2.75) is 20.0 Å². The molecule has 21 heavy (non-hydrogen) atoms.